The number of sulfone groups is 1. The first-order valence-corrected chi connectivity index (χ1v) is 8.50. The van der Waals surface area contributed by atoms with Crippen LogP contribution in [0.1, 0.15) is 17.7 Å². The highest BCUT2D eigenvalue weighted by molar-refractivity contribution is 7.91. The number of aliphatic hydroxyl groups excluding tert-OH is 1. The second kappa shape index (κ2) is 5.00. The van der Waals surface area contributed by atoms with Gasteiger partial charge in [0.2, 0.25) is 0 Å². The number of anilines is 2. The van der Waals surface area contributed by atoms with Gasteiger partial charge in [0.15, 0.2) is 9.84 Å². The van der Waals surface area contributed by atoms with E-state index in [1.54, 1.807) is 0 Å². The molecule has 0 amide bonds. The van der Waals surface area contributed by atoms with Crippen LogP contribution in [0.25, 0.3) is 0 Å². The molecule has 1 aromatic rings. The normalized spacial score (nSPS) is 17.4. The van der Waals surface area contributed by atoms with Crippen LogP contribution in [0.2, 0.25) is 0 Å². The fourth-order valence-electron chi connectivity index (χ4n) is 2.13. The Morgan fingerprint density at radius 2 is 2.05 bits per heavy atom. The van der Waals surface area contributed by atoms with E-state index in [0.29, 0.717) is 30.9 Å². The van der Waals surface area contributed by atoms with Gasteiger partial charge < -0.3 is 15.7 Å². The lowest BCUT2D eigenvalue weighted by molar-refractivity contribution is 0.145. The molecule has 1 saturated heterocycles. The van der Waals surface area contributed by atoms with Crippen molar-refractivity contribution in [3.8, 4) is 6.07 Å². The summed E-state index contributed by atoms with van der Waals surface area (Å²) in [5, 5.41) is 19.0. The largest absolute Gasteiger partial charge is 0.396 e. The van der Waals surface area contributed by atoms with Crippen molar-refractivity contribution in [1.82, 2.24) is 0 Å². The lowest BCUT2D eigenvalue weighted by Crippen LogP contribution is -2.35. The maximum Gasteiger partial charge on any atom is 0.180 e. The maximum absolute atomic E-state index is 11.9. The molecule has 1 aliphatic rings. The van der Waals surface area contributed by atoms with E-state index in [4.69, 9.17) is 11.0 Å². The van der Waals surface area contributed by atoms with Crippen LogP contribution in [0, 0.1) is 11.3 Å². The molecule has 6 nitrogen and oxygen atoms in total. The van der Waals surface area contributed by atoms with Crippen molar-refractivity contribution in [2.45, 2.75) is 23.8 Å². The first-order valence-electron chi connectivity index (χ1n) is 5.80. The van der Waals surface area contributed by atoms with Crippen LogP contribution in [0.5, 0.6) is 0 Å². The molecule has 0 saturated carbocycles. The van der Waals surface area contributed by atoms with E-state index in [1.807, 2.05) is 11.0 Å². The molecule has 0 aliphatic carbocycles. The number of nitrogen functional groups attached to an aromatic ring is 1. The SMILES string of the molecule is CS(=O)(=O)c1c(N2CCC(O)CC2)sc(C#N)c1N. The zero-order chi connectivity index (χ0) is 14.2. The van der Waals surface area contributed by atoms with Gasteiger partial charge in [-0.3, -0.25) is 0 Å². The van der Waals surface area contributed by atoms with E-state index in [1.165, 1.54) is 0 Å². The topological polar surface area (TPSA) is 107 Å². The van der Waals surface area contributed by atoms with Crippen LogP contribution in [-0.4, -0.2) is 39.0 Å². The average Bonchev–Trinajstić information content (AvgIpc) is 2.67. The summed E-state index contributed by atoms with van der Waals surface area (Å²) in [5.41, 5.74) is 5.81. The average molecular weight is 301 g/mol. The third kappa shape index (κ3) is 2.68. The number of thiophene rings is 1. The molecule has 0 bridgehead atoms. The molecule has 2 rings (SSSR count). The zero-order valence-corrected chi connectivity index (χ0v) is 12.1. The molecule has 104 valence electrons. The van der Waals surface area contributed by atoms with Crippen molar-refractivity contribution in [1.29, 1.82) is 5.26 Å². The van der Waals surface area contributed by atoms with Crippen LogP contribution in [0.3, 0.4) is 0 Å². The number of piperidine rings is 1. The molecule has 3 N–H and O–H groups in total. The van der Waals surface area contributed by atoms with Crippen LogP contribution in [0.15, 0.2) is 4.90 Å². The van der Waals surface area contributed by atoms with E-state index >= 15 is 0 Å². The highest BCUT2D eigenvalue weighted by Gasteiger charge is 2.29. The van der Waals surface area contributed by atoms with Gasteiger partial charge in [0.1, 0.15) is 20.8 Å². The molecular formula is C11H15N3O3S2. The monoisotopic (exact) mass is 301 g/mol. The summed E-state index contributed by atoms with van der Waals surface area (Å²) >= 11 is 1.10. The maximum atomic E-state index is 11.9. The molecule has 8 heteroatoms. The fourth-order valence-corrected chi connectivity index (χ4v) is 4.69. The first kappa shape index (κ1) is 14.1. The van der Waals surface area contributed by atoms with Crippen molar-refractivity contribution in [3.05, 3.63) is 4.88 Å². The summed E-state index contributed by atoms with van der Waals surface area (Å²) in [6.07, 6.45) is 1.92. The van der Waals surface area contributed by atoms with Gasteiger partial charge in [0.05, 0.1) is 11.8 Å². The van der Waals surface area contributed by atoms with Crippen molar-refractivity contribution < 1.29 is 13.5 Å². The second-order valence-electron chi connectivity index (χ2n) is 4.58. The van der Waals surface area contributed by atoms with Crippen LogP contribution < -0.4 is 10.6 Å². The molecule has 1 aliphatic heterocycles. The van der Waals surface area contributed by atoms with Gasteiger partial charge >= 0.3 is 0 Å². The summed E-state index contributed by atoms with van der Waals surface area (Å²) in [4.78, 5) is 2.15. The molecule has 0 atom stereocenters. The molecular weight excluding hydrogens is 286 g/mol. The number of aliphatic hydroxyl groups is 1. The van der Waals surface area contributed by atoms with Gasteiger partial charge in [-0.15, -0.1) is 11.3 Å². The van der Waals surface area contributed by atoms with Crippen molar-refractivity contribution in [3.63, 3.8) is 0 Å². The Morgan fingerprint density at radius 3 is 2.53 bits per heavy atom. The molecule has 1 fully saturated rings. The third-order valence-corrected chi connectivity index (χ3v) is 5.56. The minimum absolute atomic E-state index is 0.0381. The molecule has 19 heavy (non-hydrogen) atoms. The van der Waals surface area contributed by atoms with E-state index in [-0.39, 0.29) is 21.6 Å². The summed E-state index contributed by atoms with van der Waals surface area (Å²) in [5.74, 6) is 0. The second-order valence-corrected chi connectivity index (χ2v) is 7.53. The van der Waals surface area contributed by atoms with Crippen LogP contribution in [-0.2, 0) is 9.84 Å². The van der Waals surface area contributed by atoms with Gasteiger partial charge in [0.25, 0.3) is 0 Å². The van der Waals surface area contributed by atoms with Gasteiger partial charge in [0, 0.05) is 19.3 Å². The quantitative estimate of drug-likeness (QED) is 0.826. The molecule has 0 aromatic carbocycles. The number of hydrogen-bond donors (Lipinski definition) is 2. The van der Waals surface area contributed by atoms with E-state index in [2.05, 4.69) is 0 Å². The Kier molecular flexibility index (Phi) is 3.71. The number of nitrogens with two attached hydrogens (primary N) is 1. The standard InChI is InChI=1S/C11H15N3O3S2/c1-19(16,17)10-9(13)8(6-12)18-11(10)14-4-2-7(15)3-5-14/h7,15H,2-5,13H2,1H3. The Balaban J connectivity index is 2.49. The Morgan fingerprint density at radius 1 is 1.47 bits per heavy atom. The highest BCUT2D eigenvalue weighted by atomic mass is 32.2. The van der Waals surface area contributed by atoms with Gasteiger partial charge in [-0.25, -0.2) is 8.42 Å². The lowest BCUT2D eigenvalue weighted by atomic mass is 10.1. The number of nitrogens with zero attached hydrogens (tertiary/aromatic N) is 2. The fraction of sp³-hybridized carbons (Fsp3) is 0.545. The van der Waals surface area contributed by atoms with Gasteiger partial charge in [-0.2, -0.15) is 5.26 Å². The number of rotatable bonds is 2. The Bertz CT molecular complexity index is 622. The van der Waals surface area contributed by atoms with E-state index < -0.39 is 9.84 Å². The Hall–Kier alpha value is -1.30. The molecule has 2 heterocycles. The van der Waals surface area contributed by atoms with Gasteiger partial charge in [-0.05, 0) is 12.8 Å². The first-order chi connectivity index (χ1) is 8.84. The Labute approximate surface area is 116 Å². The zero-order valence-electron chi connectivity index (χ0n) is 10.5. The predicted molar refractivity (Wildman–Crippen MR) is 74.0 cm³/mol. The molecule has 0 spiro atoms. The summed E-state index contributed by atoms with van der Waals surface area (Å²) in [6.45, 7) is 1.13. The summed E-state index contributed by atoms with van der Waals surface area (Å²) in [7, 11) is -3.49. The van der Waals surface area contributed by atoms with Crippen molar-refractivity contribution >= 4 is 31.9 Å². The van der Waals surface area contributed by atoms with Crippen molar-refractivity contribution in [2.75, 3.05) is 30.0 Å². The lowest BCUT2D eigenvalue weighted by Gasteiger charge is -2.30. The minimum atomic E-state index is -3.49. The third-order valence-electron chi connectivity index (χ3n) is 3.11. The molecule has 0 radical (unpaired) electrons. The summed E-state index contributed by atoms with van der Waals surface area (Å²) < 4.78 is 23.7. The van der Waals surface area contributed by atoms with E-state index in [0.717, 1.165) is 17.6 Å². The number of hydrogen-bond acceptors (Lipinski definition) is 7. The predicted octanol–water partition coefficient (Wildman–Crippen LogP) is 0.567. The van der Waals surface area contributed by atoms with Crippen LogP contribution in [0.4, 0.5) is 10.7 Å². The smallest absolute Gasteiger partial charge is 0.180 e. The minimum Gasteiger partial charge on any atom is -0.396 e. The molecule has 1 aromatic heterocycles. The summed E-state index contributed by atoms with van der Waals surface area (Å²) in [6, 6.07) is 1.93. The van der Waals surface area contributed by atoms with Crippen molar-refractivity contribution in [2.24, 2.45) is 0 Å². The molecule has 0 unspecified atom stereocenters. The van der Waals surface area contributed by atoms with Crippen LogP contribution >= 0.6 is 11.3 Å². The van der Waals surface area contributed by atoms with Gasteiger partial charge in [-0.1, -0.05) is 0 Å². The number of nitriles is 1. The highest BCUT2D eigenvalue weighted by Crippen LogP contribution is 2.41. The van der Waals surface area contributed by atoms with E-state index in [9.17, 15) is 13.5 Å².